The van der Waals surface area contributed by atoms with Crippen molar-refractivity contribution in [1.29, 1.82) is 0 Å². The van der Waals surface area contributed by atoms with Gasteiger partial charge in [0, 0.05) is 24.0 Å². The lowest BCUT2D eigenvalue weighted by Gasteiger charge is -2.13. The Morgan fingerprint density at radius 1 is 1.03 bits per heavy atom. The Kier molecular flexibility index (Phi) is 8.13. The Labute approximate surface area is 165 Å². The van der Waals surface area contributed by atoms with E-state index in [9.17, 15) is 31.1 Å². The van der Waals surface area contributed by atoms with E-state index in [0.29, 0.717) is 18.0 Å². The van der Waals surface area contributed by atoms with Crippen LogP contribution < -0.4 is 22.6 Å². The highest BCUT2D eigenvalue weighted by Crippen LogP contribution is 2.36. The summed E-state index contributed by atoms with van der Waals surface area (Å²) < 4.78 is 76.0. The molecule has 0 saturated carbocycles. The molecular weight excluding hydrogens is 420 g/mol. The Morgan fingerprint density at radius 2 is 1.60 bits per heavy atom. The van der Waals surface area contributed by atoms with E-state index in [4.69, 9.17) is 17.2 Å². The quantitative estimate of drug-likeness (QED) is 0.190. The molecule has 0 spiro atoms. The third-order valence-corrected chi connectivity index (χ3v) is 3.00. The van der Waals surface area contributed by atoms with Crippen molar-refractivity contribution in [2.45, 2.75) is 12.4 Å². The number of alkyl halides is 6. The fourth-order valence-corrected chi connectivity index (χ4v) is 1.69. The molecule has 2 aromatic rings. The van der Waals surface area contributed by atoms with Gasteiger partial charge in [-0.25, -0.2) is 9.97 Å². The molecule has 0 atom stereocenters. The second-order valence-electron chi connectivity index (χ2n) is 5.29. The number of carbonyl (C=O) groups excluding carboxylic acids is 1. The summed E-state index contributed by atoms with van der Waals surface area (Å²) in [6, 6.07) is 2.46. The maximum Gasteiger partial charge on any atom is 0.416 e. The number of hydrogen-bond donors (Lipinski definition) is 4. The fraction of sp³-hybridized carbons (Fsp3) is 0.125. The molecule has 8 nitrogen and oxygen atoms in total. The summed E-state index contributed by atoms with van der Waals surface area (Å²) in [5.74, 6) is -0.976. The van der Waals surface area contributed by atoms with Crippen LogP contribution in [0.4, 0.5) is 32.2 Å². The largest absolute Gasteiger partial charge is 0.416 e. The first-order chi connectivity index (χ1) is 13.8. The van der Waals surface area contributed by atoms with Crippen LogP contribution >= 0.6 is 0 Å². The van der Waals surface area contributed by atoms with Crippen LogP contribution in [0.5, 0.6) is 0 Å². The number of carbonyl (C=O) groups is 1. The van der Waals surface area contributed by atoms with Gasteiger partial charge in [-0.05, 0) is 24.3 Å². The lowest BCUT2D eigenvalue weighted by Crippen LogP contribution is -2.20. The Hall–Kier alpha value is -3.84. The van der Waals surface area contributed by atoms with Crippen molar-refractivity contribution in [1.82, 2.24) is 15.4 Å². The molecule has 0 fully saturated rings. The first-order valence-corrected chi connectivity index (χ1v) is 7.66. The van der Waals surface area contributed by atoms with Crippen molar-refractivity contribution in [3.05, 3.63) is 65.8 Å². The Morgan fingerprint density at radius 3 is 1.97 bits per heavy atom. The van der Waals surface area contributed by atoms with E-state index in [-0.39, 0.29) is 6.07 Å². The number of halogens is 6. The summed E-state index contributed by atoms with van der Waals surface area (Å²) in [7, 11) is 0. The van der Waals surface area contributed by atoms with E-state index in [0.717, 1.165) is 12.3 Å². The van der Waals surface area contributed by atoms with Crippen molar-refractivity contribution in [2.75, 3.05) is 5.73 Å². The first kappa shape index (κ1) is 24.2. The predicted octanol–water partition coefficient (Wildman–Crippen LogP) is 1.99. The number of primary amides is 1. The maximum atomic E-state index is 12.7. The Bertz CT molecular complexity index is 878. The van der Waals surface area contributed by atoms with E-state index in [1.807, 2.05) is 0 Å². The number of rotatable bonds is 4. The van der Waals surface area contributed by atoms with Crippen LogP contribution in [0, 0.1) is 0 Å². The third-order valence-electron chi connectivity index (χ3n) is 3.00. The number of aromatic nitrogens is 2. The monoisotopic (exact) mass is 435 g/mol. The van der Waals surface area contributed by atoms with Gasteiger partial charge in [0.25, 0.3) is 0 Å². The minimum atomic E-state index is -4.99. The molecule has 0 saturated heterocycles. The molecule has 14 heteroatoms. The molecule has 0 aliphatic rings. The van der Waals surface area contributed by atoms with Crippen LogP contribution in [-0.2, 0) is 17.1 Å². The molecule has 0 aliphatic carbocycles. The number of nitrogens with one attached hydrogen (secondary N) is 1. The molecule has 1 amide bonds. The number of anilines is 1. The van der Waals surface area contributed by atoms with Crippen molar-refractivity contribution >= 4 is 17.6 Å². The molecule has 30 heavy (non-hydrogen) atoms. The van der Waals surface area contributed by atoms with Crippen LogP contribution in [0.3, 0.4) is 0 Å². The molecule has 0 unspecified atom stereocenters. The topological polar surface area (TPSA) is 145 Å². The number of hydrogen-bond acceptors (Lipinski definition) is 6. The van der Waals surface area contributed by atoms with E-state index in [1.54, 1.807) is 12.3 Å². The van der Waals surface area contributed by atoms with Crippen LogP contribution in [0.1, 0.15) is 16.7 Å². The van der Waals surface area contributed by atoms with Crippen molar-refractivity contribution < 1.29 is 31.1 Å². The van der Waals surface area contributed by atoms with Crippen molar-refractivity contribution in [3.8, 4) is 0 Å². The van der Waals surface area contributed by atoms with Gasteiger partial charge >= 0.3 is 12.4 Å². The van der Waals surface area contributed by atoms with Crippen LogP contribution in [0.25, 0.3) is 0 Å². The predicted molar refractivity (Wildman–Crippen MR) is 95.1 cm³/mol. The van der Waals surface area contributed by atoms with Crippen molar-refractivity contribution in [2.24, 2.45) is 16.6 Å². The van der Waals surface area contributed by atoms with Crippen LogP contribution in [0.2, 0.25) is 0 Å². The van der Waals surface area contributed by atoms with Gasteiger partial charge in [0.15, 0.2) is 5.84 Å². The molecular formula is C16H15F6N7O. The summed E-state index contributed by atoms with van der Waals surface area (Å²) in [6.45, 7) is 0. The molecule has 0 radical (unpaired) electrons. The number of nitrogens with two attached hydrogens (primary N) is 3. The summed E-state index contributed by atoms with van der Waals surface area (Å²) in [4.78, 5) is 17.7. The summed E-state index contributed by atoms with van der Waals surface area (Å²) in [5.41, 5.74) is 13.7. The third kappa shape index (κ3) is 8.45. The molecule has 1 heterocycles. The average Bonchev–Trinajstić information content (AvgIpc) is 2.64. The average molecular weight is 435 g/mol. The lowest BCUT2D eigenvalue weighted by atomic mass is 10.0. The van der Waals surface area contributed by atoms with Crippen molar-refractivity contribution in [3.63, 3.8) is 0 Å². The second kappa shape index (κ2) is 10.1. The zero-order valence-electron chi connectivity index (χ0n) is 14.9. The summed E-state index contributed by atoms with van der Waals surface area (Å²) in [6.07, 6.45) is -5.24. The van der Waals surface area contributed by atoms with Gasteiger partial charge in [0.1, 0.15) is 12.1 Å². The van der Waals surface area contributed by atoms with Crippen LogP contribution in [0.15, 0.2) is 54.2 Å². The highest BCUT2D eigenvalue weighted by Gasteiger charge is 2.37. The van der Waals surface area contributed by atoms with Gasteiger partial charge in [-0.3, -0.25) is 10.2 Å². The minimum absolute atomic E-state index is 0.0306. The normalized spacial score (nSPS) is 12.3. The van der Waals surface area contributed by atoms with E-state index >= 15 is 0 Å². The fourth-order valence-electron chi connectivity index (χ4n) is 1.69. The maximum absolute atomic E-state index is 12.7. The number of amides is 1. The minimum Gasteiger partial charge on any atom is -0.384 e. The smallest absolute Gasteiger partial charge is 0.384 e. The number of benzene rings is 1. The van der Waals surface area contributed by atoms with E-state index < -0.39 is 40.8 Å². The highest BCUT2D eigenvalue weighted by molar-refractivity contribution is 5.97. The van der Waals surface area contributed by atoms with Gasteiger partial charge in [-0.2, -0.15) is 31.4 Å². The van der Waals surface area contributed by atoms with Crippen LogP contribution in [-0.4, -0.2) is 21.7 Å². The number of nitrogens with zero attached hydrogens (tertiary/aromatic N) is 3. The SMILES string of the molecule is NC(=O)/C=C\N/N=C(\N)c1cc(C(F)(F)F)cc(C(F)(F)F)c1.Nc1ccncn1. The van der Waals surface area contributed by atoms with Gasteiger partial charge in [0.2, 0.25) is 5.91 Å². The number of hydrazone groups is 1. The standard InChI is InChI=1S/C12H10F6N4O.C4H5N3/c13-11(14,15)7-3-6(4-8(5-7)12(16,17)18)10(20)22-21-2-1-9(19)23;5-4-1-2-6-3-7-4/h1-5,21H,(H2,19,23)(H2,20,22);1-3H,(H2,5,6,7)/b2-1-;. The van der Waals surface area contributed by atoms with Gasteiger partial charge in [-0.15, -0.1) is 0 Å². The molecule has 1 aromatic carbocycles. The highest BCUT2D eigenvalue weighted by atomic mass is 19.4. The molecule has 7 N–H and O–H groups in total. The Balaban J connectivity index is 0.000000539. The summed E-state index contributed by atoms with van der Waals surface area (Å²) >= 11 is 0. The van der Waals surface area contributed by atoms with E-state index in [2.05, 4.69) is 20.5 Å². The summed E-state index contributed by atoms with van der Waals surface area (Å²) in [5, 5.41) is 3.33. The van der Waals surface area contributed by atoms with Gasteiger partial charge in [0.05, 0.1) is 11.1 Å². The van der Waals surface area contributed by atoms with E-state index in [1.165, 1.54) is 6.33 Å². The number of nitrogen functional groups attached to an aromatic ring is 1. The molecule has 2 rings (SSSR count). The van der Waals surface area contributed by atoms with Gasteiger partial charge in [-0.1, -0.05) is 0 Å². The molecule has 1 aromatic heterocycles. The second-order valence-corrected chi connectivity index (χ2v) is 5.29. The van der Waals surface area contributed by atoms with Gasteiger partial charge < -0.3 is 17.2 Å². The lowest BCUT2D eigenvalue weighted by molar-refractivity contribution is -0.143. The zero-order valence-corrected chi connectivity index (χ0v) is 14.9. The molecule has 0 bridgehead atoms. The zero-order chi connectivity index (χ0) is 22.9. The number of amidine groups is 1. The first-order valence-electron chi connectivity index (χ1n) is 7.66. The molecule has 0 aliphatic heterocycles. The molecule has 162 valence electrons.